The fraction of sp³-hybridized carbons (Fsp3) is 0.441. The molecule has 1 fully saturated rings. The van der Waals surface area contributed by atoms with Crippen molar-refractivity contribution in [1.82, 2.24) is 4.90 Å². The van der Waals surface area contributed by atoms with Crippen molar-refractivity contribution in [3.05, 3.63) is 88.5 Å². The highest BCUT2D eigenvalue weighted by molar-refractivity contribution is 6.33. The smallest absolute Gasteiger partial charge is 0.338 e. The number of ether oxygens (including phenoxy) is 1. The van der Waals surface area contributed by atoms with Crippen LogP contribution in [-0.2, 0) is 27.2 Å². The van der Waals surface area contributed by atoms with Crippen molar-refractivity contribution in [2.24, 2.45) is 11.1 Å². The second kappa shape index (κ2) is 20.3. The number of amides is 1. The van der Waals surface area contributed by atoms with Crippen molar-refractivity contribution in [1.29, 1.82) is 0 Å². The second-order valence-corrected chi connectivity index (χ2v) is 10.1. The summed E-state index contributed by atoms with van der Waals surface area (Å²) >= 11 is 6.24. The van der Waals surface area contributed by atoms with Crippen LogP contribution in [0.25, 0.3) is 0 Å². The van der Waals surface area contributed by atoms with Gasteiger partial charge >= 0.3 is 5.97 Å². The maximum absolute atomic E-state index is 12.4. The molecule has 2 aliphatic heterocycles. The van der Waals surface area contributed by atoms with E-state index < -0.39 is 5.97 Å². The van der Waals surface area contributed by atoms with Crippen molar-refractivity contribution in [3.63, 3.8) is 0 Å². The fourth-order valence-electron chi connectivity index (χ4n) is 4.58. The number of hydrogen-bond acceptors (Lipinski definition) is 6. The molecule has 0 aromatic heterocycles. The van der Waals surface area contributed by atoms with Crippen LogP contribution in [0.3, 0.4) is 0 Å². The van der Waals surface area contributed by atoms with Gasteiger partial charge in [-0.25, -0.2) is 4.79 Å². The third kappa shape index (κ3) is 12.1. The van der Waals surface area contributed by atoms with Gasteiger partial charge in [0.25, 0.3) is 0 Å². The number of aromatic hydroxyl groups is 1. The summed E-state index contributed by atoms with van der Waals surface area (Å²) in [6.45, 7) is 8.43. The molecular weight excluding hydrogens is 552 g/mol. The van der Waals surface area contributed by atoms with Gasteiger partial charge < -0.3 is 19.6 Å². The fourth-order valence-corrected chi connectivity index (χ4v) is 4.81. The van der Waals surface area contributed by atoms with E-state index in [-0.39, 0.29) is 17.2 Å². The largest absolute Gasteiger partial charge is 0.506 e. The Balaban J connectivity index is 0.000000308. The lowest BCUT2D eigenvalue weighted by Gasteiger charge is -2.29. The zero-order valence-corrected chi connectivity index (χ0v) is 25.9. The monoisotopic (exact) mass is 596 g/mol. The average molecular weight is 597 g/mol. The summed E-state index contributed by atoms with van der Waals surface area (Å²) in [5.74, 6) is 0.197. The summed E-state index contributed by atoms with van der Waals surface area (Å²) in [6, 6.07) is 13.5. The molecule has 0 radical (unpaired) electrons. The van der Waals surface area contributed by atoms with Crippen molar-refractivity contribution in [2.75, 3.05) is 26.3 Å². The molecule has 2 heterocycles. The Kier molecular flexibility index (Phi) is 16.8. The molecule has 0 saturated carbocycles. The van der Waals surface area contributed by atoms with Crippen molar-refractivity contribution in [3.8, 4) is 5.75 Å². The molecule has 4 rings (SSSR count). The van der Waals surface area contributed by atoms with Crippen LogP contribution >= 0.6 is 11.6 Å². The van der Waals surface area contributed by atoms with Gasteiger partial charge in [-0.2, -0.15) is 0 Å². The van der Waals surface area contributed by atoms with Crippen molar-refractivity contribution in [2.45, 2.75) is 65.7 Å². The number of hydrogen-bond donors (Lipinski definition) is 1. The number of phenols is 1. The average Bonchev–Trinajstić information content (AvgIpc) is 3.02. The normalized spacial score (nSPS) is 18.5. The molecule has 1 amide bonds. The lowest BCUT2D eigenvalue weighted by Crippen LogP contribution is -2.33. The van der Waals surface area contributed by atoms with E-state index in [1.165, 1.54) is 17.7 Å². The highest BCUT2D eigenvalue weighted by Crippen LogP contribution is 2.31. The summed E-state index contributed by atoms with van der Waals surface area (Å²) < 4.78 is 5.30. The van der Waals surface area contributed by atoms with Crippen molar-refractivity contribution < 1.29 is 24.3 Å². The lowest BCUT2D eigenvalue weighted by atomic mass is 9.90. The minimum absolute atomic E-state index is 0.0861. The first-order valence-electron chi connectivity index (χ1n) is 14.9. The van der Waals surface area contributed by atoms with Crippen molar-refractivity contribution >= 4 is 29.7 Å². The third-order valence-corrected chi connectivity index (χ3v) is 7.19. The number of likely N-dealkylation sites (tertiary alicyclic amines) is 1. The number of esters is 1. The van der Waals surface area contributed by atoms with Crippen LogP contribution in [0.15, 0.2) is 71.9 Å². The summed E-state index contributed by atoms with van der Waals surface area (Å²) in [4.78, 5) is 30.0. The van der Waals surface area contributed by atoms with Gasteiger partial charge in [0.2, 0.25) is 6.41 Å². The van der Waals surface area contributed by atoms with Crippen LogP contribution in [0.5, 0.6) is 5.75 Å². The van der Waals surface area contributed by atoms with E-state index in [0.29, 0.717) is 36.5 Å². The molecule has 0 bridgehead atoms. The van der Waals surface area contributed by atoms with Crippen LogP contribution < -0.4 is 0 Å². The molecule has 228 valence electrons. The van der Waals surface area contributed by atoms with Gasteiger partial charge in [0.1, 0.15) is 12.4 Å². The molecule has 8 heteroatoms. The molecule has 1 saturated heterocycles. The molecule has 0 atom stereocenters. The lowest BCUT2D eigenvalue weighted by molar-refractivity contribution is -0.119. The first-order valence-corrected chi connectivity index (χ1v) is 15.3. The molecule has 2 aromatic carbocycles. The number of carbonyl (C=O) groups is 2. The first kappa shape index (κ1) is 34.6. The Morgan fingerprint density at radius 2 is 1.74 bits per heavy atom. The van der Waals surface area contributed by atoms with Crippen LogP contribution in [0, 0.1) is 5.92 Å². The van der Waals surface area contributed by atoms with E-state index >= 15 is 0 Å². The summed E-state index contributed by atoms with van der Waals surface area (Å²) in [5, 5.41) is 14.1. The summed E-state index contributed by atoms with van der Waals surface area (Å²) in [7, 11) is 0. The number of cyclic esters (lactones) is 1. The highest BCUT2D eigenvalue weighted by Gasteiger charge is 2.20. The first-order chi connectivity index (χ1) is 20.5. The molecule has 2 aromatic rings. The summed E-state index contributed by atoms with van der Waals surface area (Å²) in [5.41, 5.74) is 2.83. The Labute approximate surface area is 255 Å². The zero-order chi connectivity index (χ0) is 30.6. The van der Waals surface area contributed by atoms with Gasteiger partial charge in [-0.3, -0.25) is 4.79 Å². The molecule has 7 nitrogen and oxygen atoms in total. The van der Waals surface area contributed by atoms with Gasteiger partial charge in [0, 0.05) is 19.5 Å². The number of piperidine rings is 1. The van der Waals surface area contributed by atoms with E-state index in [1.807, 2.05) is 43.9 Å². The molecule has 0 aliphatic carbocycles. The van der Waals surface area contributed by atoms with Crippen LogP contribution in [-0.4, -0.2) is 54.4 Å². The number of nitrogens with zero attached hydrogens (tertiary/aromatic N) is 2. The number of halogens is 1. The minimum Gasteiger partial charge on any atom is -0.506 e. The van der Waals surface area contributed by atoms with E-state index in [1.54, 1.807) is 0 Å². The van der Waals surface area contributed by atoms with E-state index in [9.17, 15) is 14.7 Å². The number of allylic oxidation sites excluding steroid dienone is 3. The van der Waals surface area contributed by atoms with E-state index in [0.717, 1.165) is 57.5 Å². The molecule has 1 N–H and O–H groups in total. The van der Waals surface area contributed by atoms with Crippen LogP contribution in [0.2, 0.25) is 5.02 Å². The maximum atomic E-state index is 12.4. The van der Waals surface area contributed by atoms with E-state index in [4.69, 9.17) is 21.2 Å². The molecule has 0 unspecified atom stereocenters. The standard InChI is InChI=1S/C19H22ClNO4.C13H17NO.C2H6/c1-2-25-21-14-9-7-5-3-4-6-8-12-24-19(23)15-10-11-17(22)18(20)16(15)13-14;15-11-14-8-6-13(7-9-14)10-12-4-2-1-3-5-12;1-2/h4,6-7,9-11,22H,2-3,5,8,12-13H2,1H3;1-5,11,13H,6-10H2;1-2H3/b6-4+,9-7+,21-14+;;. The molecular formula is C34H45ClN2O5. The van der Waals surface area contributed by atoms with Gasteiger partial charge in [-0.1, -0.05) is 79.2 Å². The number of rotatable bonds is 5. The van der Waals surface area contributed by atoms with Gasteiger partial charge in [-0.15, -0.1) is 0 Å². The Hall–Kier alpha value is -3.58. The topological polar surface area (TPSA) is 88.4 Å². The SMILES string of the molecule is CC.CCO/N=C1\C=C\CC/C=C/CCOC(=O)c2ccc(O)c(Cl)c2C1.O=CN1CCC(Cc2ccccc2)CC1. The predicted octanol–water partition coefficient (Wildman–Crippen LogP) is 7.56. The quantitative estimate of drug-likeness (QED) is 0.166. The number of oxime groups is 1. The molecule has 0 spiro atoms. The summed E-state index contributed by atoms with van der Waals surface area (Å²) in [6.07, 6.45) is 15.0. The number of carbonyl (C=O) groups excluding carboxylic acids is 2. The van der Waals surface area contributed by atoms with Crippen LogP contribution in [0.4, 0.5) is 0 Å². The Bertz CT molecular complexity index is 1170. The minimum atomic E-state index is -0.470. The van der Waals surface area contributed by atoms with Crippen LogP contribution in [0.1, 0.15) is 74.4 Å². The highest BCUT2D eigenvalue weighted by atomic mass is 35.5. The number of phenolic OH excluding ortho intramolecular Hbond substituents is 1. The zero-order valence-electron chi connectivity index (χ0n) is 25.1. The predicted molar refractivity (Wildman–Crippen MR) is 170 cm³/mol. The van der Waals surface area contributed by atoms with Gasteiger partial charge in [-0.05, 0) is 80.7 Å². The van der Waals surface area contributed by atoms with Gasteiger partial charge in [0.15, 0.2) is 0 Å². The number of fused-ring (bicyclic) bond motifs is 1. The third-order valence-electron chi connectivity index (χ3n) is 6.77. The van der Waals surface area contributed by atoms with E-state index in [2.05, 4.69) is 41.6 Å². The Morgan fingerprint density at radius 1 is 1.05 bits per heavy atom. The second-order valence-electron chi connectivity index (χ2n) is 9.75. The molecule has 2 aliphatic rings. The number of benzene rings is 2. The Morgan fingerprint density at radius 3 is 2.43 bits per heavy atom. The molecule has 42 heavy (non-hydrogen) atoms. The van der Waals surface area contributed by atoms with Gasteiger partial charge in [0.05, 0.1) is 22.9 Å². The maximum Gasteiger partial charge on any atom is 0.338 e.